The monoisotopic (exact) mass is 490 g/mol. The number of phosphoric acid groups is 3. The third kappa shape index (κ3) is 5.71. The van der Waals surface area contributed by atoms with Crippen LogP contribution in [-0.2, 0) is 31.6 Å². The lowest BCUT2D eigenvalue weighted by atomic mass is 10.2. The summed E-state index contributed by atoms with van der Waals surface area (Å²) in [5.41, 5.74) is 6.18. The van der Waals surface area contributed by atoms with E-state index in [0.29, 0.717) is 11.0 Å². The van der Waals surface area contributed by atoms with Gasteiger partial charge in [-0.2, -0.15) is 8.62 Å². The fourth-order valence-corrected chi connectivity index (χ4v) is 5.76. The van der Waals surface area contributed by atoms with Gasteiger partial charge in [0, 0.05) is 12.6 Å². The Morgan fingerprint density at radius 1 is 1.17 bits per heavy atom. The minimum absolute atomic E-state index is 0.0398. The third-order valence-corrected chi connectivity index (χ3v) is 7.67. The number of hydrogen-bond acceptors (Lipinski definition) is 11. The van der Waals surface area contributed by atoms with E-state index in [0.717, 1.165) is 0 Å². The molecular weight excluding hydrogens is 473 g/mol. The van der Waals surface area contributed by atoms with Crippen LogP contribution in [-0.4, -0.2) is 58.0 Å². The molecule has 168 valence electrons. The summed E-state index contributed by atoms with van der Waals surface area (Å²) in [5.74, 6) is 0.238. The first kappa shape index (κ1) is 23.4. The molecule has 7 N–H and O–H groups in total. The minimum Gasteiger partial charge on any atom is -0.390 e. The molecule has 30 heavy (non-hydrogen) atoms. The van der Waals surface area contributed by atoms with Crippen LogP contribution in [0.1, 0.15) is 12.6 Å². The normalized spacial score (nSPS) is 26.5. The Morgan fingerprint density at radius 3 is 2.53 bits per heavy atom. The van der Waals surface area contributed by atoms with E-state index >= 15 is 0 Å². The highest BCUT2D eigenvalue weighted by Gasteiger charge is 2.42. The molecule has 2 aromatic rings. The molecular formula is C11H17N4O12P3. The van der Waals surface area contributed by atoms with E-state index in [1.54, 1.807) is 16.8 Å². The van der Waals surface area contributed by atoms with Gasteiger partial charge in [-0.3, -0.25) is 4.52 Å². The second-order valence-electron chi connectivity index (χ2n) is 6.04. The molecule has 5 atom stereocenters. The molecule has 0 radical (unpaired) electrons. The van der Waals surface area contributed by atoms with E-state index in [-0.39, 0.29) is 12.2 Å². The van der Waals surface area contributed by atoms with Gasteiger partial charge >= 0.3 is 23.5 Å². The molecule has 0 bridgehead atoms. The van der Waals surface area contributed by atoms with E-state index in [1.807, 2.05) is 0 Å². The molecule has 1 aliphatic rings. The van der Waals surface area contributed by atoms with Crippen LogP contribution in [0.15, 0.2) is 18.6 Å². The zero-order valence-corrected chi connectivity index (χ0v) is 17.4. The molecule has 2 aromatic heterocycles. The Labute approximate surface area is 167 Å². The maximum absolute atomic E-state index is 11.8. The highest BCUT2D eigenvalue weighted by Crippen LogP contribution is 2.66. The van der Waals surface area contributed by atoms with Crippen molar-refractivity contribution in [1.82, 2.24) is 14.5 Å². The predicted octanol–water partition coefficient (Wildman–Crippen LogP) is 0.00520. The first-order valence-corrected chi connectivity index (χ1v) is 12.5. The molecule has 19 heteroatoms. The standard InChI is InChI=1S/C11H17N4O12P3/c12-10-6-1-2-15(11(6)14-5-13-10)9-3-7(16)8(25-9)4-24-29(20,21)27-30(22,23)26-28(17,18)19/h1-2,5,7-9,16H,3-4H2,(H,20,21)(H,22,23)(H2,12,13,14)(H2,17,18,19)/t7-,8+,9+/m0/s1. The van der Waals surface area contributed by atoms with Crippen LogP contribution in [0.2, 0.25) is 0 Å². The van der Waals surface area contributed by atoms with Crippen molar-refractivity contribution in [3.63, 3.8) is 0 Å². The van der Waals surface area contributed by atoms with E-state index < -0.39 is 48.5 Å². The van der Waals surface area contributed by atoms with E-state index in [2.05, 4.69) is 23.1 Å². The van der Waals surface area contributed by atoms with Crippen LogP contribution in [0.5, 0.6) is 0 Å². The smallest absolute Gasteiger partial charge is 0.390 e. The largest absolute Gasteiger partial charge is 0.490 e. The lowest BCUT2D eigenvalue weighted by Gasteiger charge is -2.19. The Bertz CT molecular complexity index is 1070. The van der Waals surface area contributed by atoms with Gasteiger partial charge in [-0.15, -0.1) is 0 Å². The van der Waals surface area contributed by atoms with Gasteiger partial charge in [0.2, 0.25) is 0 Å². The number of nitrogens with two attached hydrogens (primary N) is 1. The van der Waals surface area contributed by atoms with Crippen LogP contribution in [0.3, 0.4) is 0 Å². The molecule has 3 heterocycles. The number of phosphoric ester groups is 1. The van der Waals surface area contributed by atoms with Crippen LogP contribution < -0.4 is 5.73 Å². The number of nitrogen functional groups attached to an aromatic ring is 1. The number of fused-ring (bicyclic) bond motifs is 1. The van der Waals surface area contributed by atoms with Crippen LogP contribution in [0.4, 0.5) is 5.82 Å². The number of ether oxygens (including phenoxy) is 1. The highest BCUT2D eigenvalue weighted by molar-refractivity contribution is 7.66. The molecule has 1 aliphatic heterocycles. The summed E-state index contributed by atoms with van der Waals surface area (Å²) in [4.78, 5) is 43.5. The lowest BCUT2D eigenvalue weighted by Crippen LogP contribution is -2.26. The number of aromatic nitrogens is 3. The van der Waals surface area contributed by atoms with Crippen molar-refractivity contribution in [3.05, 3.63) is 18.6 Å². The van der Waals surface area contributed by atoms with Gasteiger partial charge in [-0.25, -0.2) is 23.7 Å². The van der Waals surface area contributed by atoms with Gasteiger partial charge in [0.05, 0.1) is 18.1 Å². The van der Waals surface area contributed by atoms with E-state index in [1.165, 1.54) is 6.33 Å². The average molecular weight is 490 g/mol. The van der Waals surface area contributed by atoms with Gasteiger partial charge in [0.25, 0.3) is 0 Å². The molecule has 2 unspecified atom stereocenters. The predicted molar refractivity (Wildman–Crippen MR) is 96.3 cm³/mol. The number of anilines is 1. The second-order valence-corrected chi connectivity index (χ2v) is 10.5. The van der Waals surface area contributed by atoms with E-state index in [9.17, 15) is 23.7 Å². The summed E-state index contributed by atoms with van der Waals surface area (Å²) in [6.07, 6.45) is -0.195. The SMILES string of the molecule is Nc1ncnc2c1ccn2[C@H]1C[C@H](O)[C@@H](COP(=O)(O)OP(=O)(O)OP(=O)(O)O)O1. The highest BCUT2D eigenvalue weighted by atomic mass is 31.3. The molecule has 3 rings (SSSR count). The Kier molecular flexibility index (Phi) is 6.52. The summed E-state index contributed by atoms with van der Waals surface area (Å²) in [6, 6.07) is 1.64. The lowest BCUT2D eigenvalue weighted by molar-refractivity contribution is -0.0421. The summed E-state index contributed by atoms with van der Waals surface area (Å²) in [5, 5.41) is 10.7. The maximum atomic E-state index is 11.8. The van der Waals surface area contributed by atoms with Crippen LogP contribution >= 0.6 is 23.5 Å². The summed E-state index contributed by atoms with van der Waals surface area (Å²) >= 11 is 0. The average Bonchev–Trinajstić information content (AvgIpc) is 3.14. The molecule has 0 amide bonds. The quantitative estimate of drug-likeness (QED) is 0.267. The van der Waals surface area contributed by atoms with Gasteiger partial charge in [-0.1, -0.05) is 0 Å². The van der Waals surface area contributed by atoms with Crippen molar-refractivity contribution in [2.24, 2.45) is 0 Å². The minimum atomic E-state index is -5.63. The van der Waals surface area contributed by atoms with Gasteiger partial charge in [-0.05, 0) is 6.07 Å². The Hall–Kier alpha value is -1.25. The number of hydrogen-bond donors (Lipinski definition) is 6. The molecule has 0 spiro atoms. The van der Waals surface area contributed by atoms with E-state index in [4.69, 9.17) is 25.2 Å². The van der Waals surface area contributed by atoms with Crippen molar-refractivity contribution >= 4 is 40.3 Å². The van der Waals surface area contributed by atoms with Crippen molar-refractivity contribution in [3.8, 4) is 0 Å². The van der Waals surface area contributed by atoms with Crippen LogP contribution in [0, 0.1) is 0 Å². The first-order chi connectivity index (χ1) is 13.8. The van der Waals surface area contributed by atoms with Crippen molar-refractivity contribution in [2.45, 2.75) is 24.9 Å². The number of aliphatic hydroxyl groups is 1. The molecule has 1 saturated heterocycles. The molecule has 0 aromatic carbocycles. The zero-order valence-electron chi connectivity index (χ0n) is 14.7. The van der Waals surface area contributed by atoms with Crippen LogP contribution in [0.25, 0.3) is 11.0 Å². The summed E-state index contributed by atoms with van der Waals surface area (Å²) in [6.45, 7) is -0.766. The second kappa shape index (κ2) is 8.36. The van der Waals surface area contributed by atoms with Crippen molar-refractivity contribution < 1.29 is 56.3 Å². The first-order valence-electron chi connectivity index (χ1n) is 7.95. The number of nitrogens with zero attached hydrogens (tertiary/aromatic N) is 3. The third-order valence-electron chi connectivity index (χ3n) is 3.87. The number of aliphatic hydroxyl groups excluding tert-OH is 1. The number of rotatable bonds is 8. The molecule has 0 aliphatic carbocycles. The van der Waals surface area contributed by atoms with Crippen molar-refractivity contribution in [1.29, 1.82) is 0 Å². The molecule has 0 saturated carbocycles. The molecule has 1 fully saturated rings. The Morgan fingerprint density at radius 2 is 1.87 bits per heavy atom. The maximum Gasteiger partial charge on any atom is 0.490 e. The fourth-order valence-electron chi connectivity index (χ4n) is 2.73. The van der Waals surface area contributed by atoms with Gasteiger partial charge in [0.1, 0.15) is 30.1 Å². The fraction of sp³-hybridized carbons (Fsp3) is 0.455. The van der Waals surface area contributed by atoms with Crippen molar-refractivity contribution in [2.75, 3.05) is 12.3 Å². The Balaban J connectivity index is 1.64. The summed E-state index contributed by atoms with van der Waals surface area (Å²) in [7, 11) is -16.4. The summed E-state index contributed by atoms with van der Waals surface area (Å²) < 4.78 is 52.5. The zero-order chi connectivity index (χ0) is 22.3. The molecule has 16 nitrogen and oxygen atoms in total. The van der Waals surface area contributed by atoms with Gasteiger partial charge < -0.3 is 39.7 Å². The van der Waals surface area contributed by atoms with Gasteiger partial charge in [0.15, 0.2) is 0 Å². The topological polar surface area (TPSA) is 246 Å².